The number of benzene rings is 1. The van der Waals surface area contributed by atoms with Crippen molar-refractivity contribution >= 4 is 71.1 Å². The third-order valence-electron chi connectivity index (χ3n) is 10.3. The molecule has 0 spiro atoms. The quantitative estimate of drug-likeness (QED) is 0.0202. The fourth-order valence-corrected chi connectivity index (χ4v) is 6.76. The van der Waals surface area contributed by atoms with E-state index < -0.39 is 127 Å². The Hall–Kier alpha value is -7.78. The van der Waals surface area contributed by atoms with E-state index in [1.165, 1.54) is 43.0 Å². The van der Waals surface area contributed by atoms with Crippen molar-refractivity contribution in [2.45, 2.75) is 101 Å². The van der Waals surface area contributed by atoms with Crippen LogP contribution in [0, 0.1) is 5.92 Å². The van der Waals surface area contributed by atoms with Crippen LogP contribution in [0.15, 0.2) is 34.3 Å². The summed E-state index contributed by atoms with van der Waals surface area (Å²) in [5, 5.41) is 44.7. The minimum absolute atomic E-state index is 0.00624. The van der Waals surface area contributed by atoms with Gasteiger partial charge >= 0.3 is 11.9 Å². The number of phenols is 1. The molecule has 0 bridgehead atoms. The van der Waals surface area contributed by atoms with Gasteiger partial charge in [0.05, 0.1) is 25.6 Å². The molecule has 1 aromatic rings. The molecule has 1 heterocycles. The largest absolute Gasteiger partial charge is 0.508 e. The molecule has 28 nitrogen and oxygen atoms in total. The van der Waals surface area contributed by atoms with Crippen molar-refractivity contribution in [2.75, 3.05) is 39.3 Å². The van der Waals surface area contributed by atoms with E-state index in [4.69, 9.17) is 33.8 Å². The van der Waals surface area contributed by atoms with E-state index in [0.29, 0.717) is 18.4 Å². The van der Waals surface area contributed by atoms with Crippen molar-refractivity contribution in [1.29, 1.82) is 0 Å². The molecule has 28 heteroatoms. The number of nitrogens with one attached hydrogen (secondary N) is 7. The van der Waals surface area contributed by atoms with Gasteiger partial charge in [0.2, 0.25) is 47.3 Å². The number of carbonyl (C=O) groups is 10. The van der Waals surface area contributed by atoms with E-state index in [1.54, 1.807) is 0 Å². The number of aliphatic carboxylic acids is 2. The number of amides is 8. The van der Waals surface area contributed by atoms with Gasteiger partial charge in [0, 0.05) is 26.1 Å². The number of carbonyl (C=O) groups excluding carboxylic acids is 8. The van der Waals surface area contributed by atoms with Gasteiger partial charge in [-0.05, 0) is 62.1 Å². The second kappa shape index (κ2) is 29.1. The number of hydrogen-bond donors (Lipinski definition) is 15. The first kappa shape index (κ1) is 57.3. The van der Waals surface area contributed by atoms with Crippen molar-refractivity contribution in [3.8, 4) is 5.75 Å². The maximum atomic E-state index is 14.4. The predicted molar refractivity (Wildman–Crippen MR) is 246 cm³/mol. The van der Waals surface area contributed by atoms with E-state index in [9.17, 15) is 58.2 Å². The van der Waals surface area contributed by atoms with Crippen molar-refractivity contribution in [3.63, 3.8) is 0 Å². The Morgan fingerprint density at radius 3 is 1.84 bits per heavy atom. The molecule has 382 valence electrons. The number of aliphatic imine (C=N–C) groups is 2. The summed E-state index contributed by atoms with van der Waals surface area (Å²) in [6.45, 7) is 1.29. The Kier molecular flexibility index (Phi) is 24.2. The van der Waals surface area contributed by atoms with Crippen LogP contribution >= 0.6 is 0 Å². The zero-order valence-electron chi connectivity index (χ0n) is 38.4. The number of likely N-dealkylation sites (tertiary alicyclic amines) is 1. The summed E-state index contributed by atoms with van der Waals surface area (Å²) in [6.07, 6.45) is 0.119. The summed E-state index contributed by atoms with van der Waals surface area (Å²) in [6, 6.07) is -2.10. The lowest BCUT2D eigenvalue weighted by molar-refractivity contribution is -0.142. The molecule has 1 fully saturated rings. The zero-order chi connectivity index (χ0) is 51.8. The maximum Gasteiger partial charge on any atom is 0.322 e. The van der Waals surface area contributed by atoms with Crippen LogP contribution in [0.25, 0.3) is 0 Å². The Balaban J connectivity index is 2.24. The van der Waals surface area contributed by atoms with Gasteiger partial charge in [0.15, 0.2) is 11.9 Å². The van der Waals surface area contributed by atoms with Crippen LogP contribution in [-0.2, 0) is 54.4 Å². The lowest BCUT2D eigenvalue weighted by Gasteiger charge is -2.30. The molecular weight excluding hydrogens is 911 g/mol. The summed E-state index contributed by atoms with van der Waals surface area (Å²) in [4.78, 5) is 138. The van der Waals surface area contributed by atoms with Crippen LogP contribution in [-0.4, -0.2) is 167 Å². The summed E-state index contributed by atoms with van der Waals surface area (Å²) >= 11 is 0. The van der Waals surface area contributed by atoms with E-state index >= 15 is 0 Å². The summed E-state index contributed by atoms with van der Waals surface area (Å²) < 4.78 is 0. The highest BCUT2D eigenvalue weighted by Crippen LogP contribution is 2.21. The van der Waals surface area contributed by atoms with Crippen LogP contribution in [0.5, 0.6) is 5.75 Å². The number of nitrogens with zero attached hydrogens (tertiary/aromatic N) is 3. The number of carboxylic acid groups (broad SMARTS) is 2. The highest BCUT2D eigenvalue weighted by atomic mass is 16.4. The molecule has 0 saturated carbocycles. The van der Waals surface area contributed by atoms with Crippen LogP contribution < -0.4 is 65.9 Å². The molecule has 1 saturated heterocycles. The Labute approximate surface area is 396 Å². The minimum atomic E-state index is -1.75. The molecule has 0 radical (unpaired) electrons. The third-order valence-corrected chi connectivity index (χ3v) is 10.3. The average Bonchev–Trinajstić information content (AvgIpc) is 3.78. The van der Waals surface area contributed by atoms with Gasteiger partial charge in [-0.2, -0.15) is 0 Å². The van der Waals surface area contributed by atoms with Crippen LogP contribution in [0.2, 0.25) is 0 Å². The molecule has 0 aliphatic carbocycles. The van der Waals surface area contributed by atoms with Crippen LogP contribution in [0.4, 0.5) is 0 Å². The lowest BCUT2D eigenvalue weighted by atomic mass is 10.0. The van der Waals surface area contributed by atoms with E-state index in [0.717, 1.165) is 0 Å². The van der Waals surface area contributed by atoms with Gasteiger partial charge in [-0.15, -0.1) is 0 Å². The fourth-order valence-electron chi connectivity index (χ4n) is 6.76. The first-order valence-electron chi connectivity index (χ1n) is 21.9. The van der Waals surface area contributed by atoms with Crippen molar-refractivity contribution in [1.82, 2.24) is 42.1 Å². The standard InChI is InChI=1S/C41H65N15O13/c1-21(2)33(38(68)51-18-29(58)49-20-32(62)63)55-36(66)26(17-31(60)61)52-30(59)19-50-37(67)28-8-5-15-56(28)39(69)27(16-22-9-11-23(57)12-10-22)54-35(65)25(7-4-14-48-41(45)46)53-34(64)24(42)6-3-13-47-40(43)44/h9-12,21,24-28,33,57H,3-8,13-20,42H2,1-2H3,(H,49,58)(H,50,67)(H,51,68)(H,52,59)(H,53,64)(H,54,65)(H,55,66)(H,60,61)(H,62,63)(H4,43,44,47)(H4,45,46,48). The number of guanidine groups is 2. The van der Waals surface area contributed by atoms with Gasteiger partial charge in [-0.1, -0.05) is 26.0 Å². The molecular formula is C41H65N15O13. The smallest absolute Gasteiger partial charge is 0.322 e. The Bertz CT molecular complexity index is 2040. The second-order valence-corrected chi connectivity index (χ2v) is 16.2. The summed E-state index contributed by atoms with van der Waals surface area (Å²) in [7, 11) is 0. The van der Waals surface area contributed by atoms with Crippen molar-refractivity contribution in [2.24, 2.45) is 44.6 Å². The van der Waals surface area contributed by atoms with Gasteiger partial charge < -0.3 is 86.1 Å². The van der Waals surface area contributed by atoms with Gasteiger partial charge in [0.25, 0.3) is 0 Å². The number of rotatable bonds is 29. The molecule has 8 amide bonds. The molecule has 2 rings (SSSR count). The number of hydrogen-bond acceptors (Lipinski definition) is 14. The Morgan fingerprint density at radius 1 is 0.681 bits per heavy atom. The maximum absolute atomic E-state index is 14.4. The van der Waals surface area contributed by atoms with Crippen molar-refractivity contribution in [3.05, 3.63) is 29.8 Å². The SMILES string of the molecule is CC(C)C(NC(=O)C(CC(=O)O)NC(=O)CNC(=O)C1CCCN1C(=O)C(Cc1ccc(O)cc1)NC(=O)C(CCCN=C(N)N)NC(=O)C(N)CCCN=C(N)N)C(=O)NCC(=O)NCC(=O)O. The van der Waals surface area contributed by atoms with Crippen LogP contribution in [0.3, 0.4) is 0 Å². The molecule has 1 aliphatic heterocycles. The van der Waals surface area contributed by atoms with Crippen LogP contribution in [0.1, 0.15) is 64.4 Å². The first-order valence-corrected chi connectivity index (χ1v) is 21.9. The monoisotopic (exact) mass is 975 g/mol. The van der Waals surface area contributed by atoms with Gasteiger partial charge in [0.1, 0.15) is 42.5 Å². The van der Waals surface area contributed by atoms with E-state index in [-0.39, 0.29) is 69.4 Å². The summed E-state index contributed by atoms with van der Waals surface area (Å²) in [5.41, 5.74) is 28.2. The number of phenolic OH excluding ortho intramolecular Hbond substituents is 1. The molecule has 20 N–H and O–H groups in total. The average molecular weight is 976 g/mol. The molecule has 1 aromatic carbocycles. The minimum Gasteiger partial charge on any atom is -0.508 e. The van der Waals surface area contributed by atoms with Crippen molar-refractivity contribution < 1.29 is 63.3 Å². The lowest BCUT2D eigenvalue weighted by Crippen LogP contribution is -2.59. The van der Waals surface area contributed by atoms with Gasteiger partial charge in [-0.25, -0.2) is 0 Å². The highest BCUT2D eigenvalue weighted by molar-refractivity contribution is 5.98. The molecule has 1 aliphatic rings. The third kappa shape index (κ3) is 21.6. The fraction of sp³-hybridized carbons (Fsp3) is 0.561. The predicted octanol–water partition coefficient (Wildman–Crippen LogP) is -6.14. The second-order valence-electron chi connectivity index (χ2n) is 16.2. The molecule has 6 unspecified atom stereocenters. The number of carboxylic acids is 2. The zero-order valence-corrected chi connectivity index (χ0v) is 38.4. The Morgan fingerprint density at radius 2 is 1.26 bits per heavy atom. The van der Waals surface area contributed by atoms with E-state index in [1.807, 2.05) is 5.32 Å². The molecule has 0 aromatic heterocycles. The number of aromatic hydroxyl groups is 1. The molecule has 6 atom stereocenters. The number of nitrogens with two attached hydrogens (primary N) is 5. The van der Waals surface area contributed by atoms with E-state index in [2.05, 4.69) is 41.9 Å². The normalized spacial score (nSPS) is 15.1. The summed E-state index contributed by atoms with van der Waals surface area (Å²) in [5.74, 6) is -10.6. The topological polar surface area (TPSA) is 474 Å². The van der Waals surface area contributed by atoms with Gasteiger partial charge in [-0.3, -0.25) is 57.9 Å². The highest BCUT2D eigenvalue weighted by Gasteiger charge is 2.39. The molecule has 69 heavy (non-hydrogen) atoms. The first-order chi connectivity index (χ1) is 32.5.